The summed E-state index contributed by atoms with van der Waals surface area (Å²) in [5, 5.41) is 23.6. The number of likely N-dealkylation sites (tertiary alicyclic amines) is 1. The van der Waals surface area contributed by atoms with E-state index in [2.05, 4.69) is 31.6 Å². The summed E-state index contributed by atoms with van der Waals surface area (Å²) in [5.41, 5.74) is 0.860. The Labute approximate surface area is 197 Å². The molecule has 12 heteroatoms. The van der Waals surface area contributed by atoms with Gasteiger partial charge in [-0.25, -0.2) is 9.78 Å². The van der Waals surface area contributed by atoms with E-state index >= 15 is 0 Å². The van der Waals surface area contributed by atoms with E-state index in [0.717, 1.165) is 4.90 Å². The zero-order chi connectivity index (χ0) is 24.8. The van der Waals surface area contributed by atoms with Crippen LogP contribution in [0.1, 0.15) is 31.0 Å². The molecule has 178 valence electrons. The zero-order valence-electron chi connectivity index (χ0n) is 17.8. The number of hydrogen-bond acceptors (Lipinski definition) is 7. The largest absolute Gasteiger partial charge is 0.586 e. The number of pyridine rings is 1. The van der Waals surface area contributed by atoms with E-state index in [9.17, 15) is 28.6 Å². The van der Waals surface area contributed by atoms with Crippen LogP contribution < -0.4 is 14.8 Å². The minimum Gasteiger partial charge on any atom is -0.480 e. The molecule has 0 unspecified atom stereocenters. The molecule has 3 heterocycles. The summed E-state index contributed by atoms with van der Waals surface area (Å²) < 4.78 is 35.3. The van der Waals surface area contributed by atoms with Gasteiger partial charge in [-0.05, 0) is 43.7 Å². The highest BCUT2D eigenvalue weighted by molar-refractivity contribution is 6.29. The average Bonchev–Trinajstić information content (AvgIpc) is 3.05. The summed E-state index contributed by atoms with van der Waals surface area (Å²) in [6.07, 6.45) is -2.40. The lowest BCUT2D eigenvalue weighted by Crippen LogP contribution is -2.74. The van der Waals surface area contributed by atoms with Crippen molar-refractivity contribution in [2.24, 2.45) is 5.92 Å². The predicted octanol–water partition coefficient (Wildman–Crippen LogP) is 2.34. The van der Waals surface area contributed by atoms with Crippen molar-refractivity contribution in [2.45, 2.75) is 38.1 Å². The molecule has 4 atom stereocenters. The van der Waals surface area contributed by atoms with E-state index in [1.807, 2.05) is 0 Å². The number of rotatable bonds is 5. The van der Waals surface area contributed by atoms with E-state index in [-0.39, 0.29) is 16.7 Å². The molecule has 2 aliphatic heterocycles. The molecule has 4 rings (SSSR count). The number of aliphatic hydroxyl groups is 1. The van der Waals surface area contributed by atoms with Gasteiger partial charge in [-0.2, -0.15) is 0 Å². The quantitative estimate of drug-likeness (QED) is 0.251. The minimum atomic E-state index is -3.78. The fourth-order valence-corrected chi connectivity index (χ4v) is 3.89. The number of alkyl halides is 2. The molecular weight excluding hydrogens is 476 g/mol. The number of carboxylic acids is 1. The lowest BCUT2D eigenvalue weighted by Gasteiger charge is -2.50. The number of carbonyl (C=O) groups is 2. The molecule has 34 heavy (non-hydrogen) atoms. The summed E-state index contributed by atoms with van der Waals surface area (Å²) in [4.78, 5) is 29.2. The van der Waals surface area contributed by atoms with Gasteiger partial charge in [-0.15, -0.1) is 8.78 Å². The molecule has 3 N–H and O–H groups in total. The highest BCUT2D eigenvalue weighted by Gasteiger charge is 2.58. The van der Waals surface area contributed by atoms with E-state index < -0.39 is 42.0 Å². The van der Waals surface area contributed by atoms with Crippen LogP contribution in [0.2, 0.25) is 5.15 Å². The number of halogens is 3. The molecule has 1 aromatic carbocycles. The molecular formula is C22H18ClF2N3O6. The smallest absolute Gasteiger partial charge is 0.480 e. The van der Waals surface area contributed by atoms with Crippen molar-refractivity contribution >= 4 is 23.5 Å². The lowest BCUT2D eigenvalue weighted by atomic mass is 9.86. The number of nitrogens with zero attached hydrogens (tertiary/aromatic N) is 2. The summed E-state index contributed by atoms with van der Waals surface area (Å²) >= 11 is 5.72. The van der Waals surface area contributed by atoms with Crippen LogP contribution in [0.3, 0.4) is 0 Å². The number of carboxylic acid groups (broad SMARTS) is 1. The third-order valence-electron chi connectivity index (χ3n) is 5.33. The minimum absolute atomic E-state index is 0.145. The molecule has 1 amide bonds. The van der Waals surface area contributed by atoms with Crippen LogP contribution in [0, 0.1) is 17.8 Å². The maximum atomic E-state index is 13.3. The molecule has 1 fully saturated rings. The van der Waals surface area contributed by atoms with Gasteiger partial charge in [-0.3, -0.25) is 15.0 Å². The maximum Gasteiger partial charge on any atom is 0.586 e. The molecule has 2 aliphatic rings. The van der Waals surface area contributed by atoms with Crippen LogP contribution in [0.5, 0.6) is 11.5 Å². The zero-order valence-corrected chi connectivity index (χ0v) is 18.5. The fourth-order valence-electron chi connectivity index (χ4n) is 3.78. The van der Waals surface area contributed by atoms with Crippen molar-refractivity contribution in [2.75, 3.05) is 0 Å². The molecule has 9 nitrogen and oxygen atoms in total. The molecule has 0 aliphatic carbocycles. The van der Waals surface area contributed by atoms with Crippen molar-refractivity contribution in [1.82, 2.24) is 15.2 Å². The maximum absolute atomic E-state index is 13.3. The second kappa shape index (κ2) is 8.39. The topological polar surface area (TPSA) is 121 Å². The van der Waals surface area contributed by atoms with Gasteiger partial charge in [0.2, 0.25) is 5.91 Å². The first kappa shape index (κ1) is 23.7. The summed E-state index contributed by atoms with van der Waals surface area (Å²) in [5.74, 6) is -0.371. The average molecular weight is 494 g/mol. The van der Waals surface area contributed by atoms with Crippen molar-refractivity contribution in [3.05, 3.63) is 52.8 Å². The van der Waals surface area contributed by atoms with Crippen LogP contribution in [-0.4, -0.2) is 50.2 Å². The van der Waals surface area contributed by atoms with Crippen molar-refractivity contribution in [1.29, 1.82) is 0 Å². The van der Waals surface area contributed by atoms with Gasteiger partial charge in [0, 0.05) is 17.8 Å². The Morgan fingerprint density at radius 3 is 2.68 bits per heavy atom. The van der Waals surface area contributed by atoms with Crippen LogP contribution in [-0.2, 0) is 9.59 Å². The van der Waals surface area contributed by atoms with Crippen LogP contribution in [0.4, 0.5) is 8.78 Å². The molecule has 0 spiro atoms. The number of amides is 1. The fraction of sp³-hybridized carbons (Fsp3) is 0.318. The molecule has 1 saturated heterocycles. The second-order valence-electron chi connectivity index (χ2n) is 7.87. The molecule has 0 radical (unpaired) electrons. The van der Waals surface area contributed by atoms with E-state index in [4.69, 9.17) is 11.6 Å². The first-order valence-corrected chi connectivity index (χ1v) is 10.3. The third kappa shape index (κ3) is 4.48. The Morgan fingerprint density at radius 2 is 2.03 bits per heavy atom. The summed E-state index contributed by atoms with van der Waals surface area (Å²) in [6.45, 7) is 2.81. The first-order chi connectivity index (χ1) is 15.9. The number of fused-ring (bicyclic) bond motifs is 1. The number of ether oxygens (including phenoxy) is 2. The van der Waals surface area contributed by atoms with Gasteiger partial charge in [0.1, 0.15) is 11.1 Å². The SMILES string of the molecule is C[C@@H](N[C@](C)(O)N1C(=O)[C@H](C#Cc2ccc(Cl)nc2)[C@H]1C(=O)O)c1ccc2c(c1)OC(F)(F)O2. The van der Waals surface area contributed by atoms with E-state index in [1.165, 1.54) is 37.4 Å². The number of β-lactam (4-membered cyclic amide) rings is 1. The van der Waals surface area contributed by atoms with Gasteiger partial charge in [-0.1, -0.05) is 29.5 Å². The summed E-state index contributed by atoms with van der Waals surface area (Å²) in [6, 6.07) is 4.99. The van der Waals surface area contributed by atoms with Gasteiger partial charge in [0.05, 0.1) is 0 Å². The van der Waals surface area contributed by atoms with Crippen molar-refractivity contribution in [3.8, 4) is 23.3 Å². The third-order valence-corrected chi connectivity index (χ3v) is 5.56. The molecule has 0 bridgehead atoms. The van der Waals surface area contributed by atoms with Crippen LogP contribution in [0.15, 0.2) is 36.5 Å². The Kier molecular flexibility index (Phi) is 5.85. The monoisotopic (exact) mass is 493 g/mol. The van der Waals surface area contributed by atoms with Gasteiger partial charge >= 0.3 is 12.3 Å². The number of aromatic nitrogens is 1. The number of aliphatic carboxylic acids is 1. The van der Waals surface area contributed by atoms with Crippen molar-refractivity contribution < 1.29 is 38.1 Å². The molecule has 1 aromatic heterocycles. The Hall–Kier alpha value is -3.46. The van der Waals surface area contributed by atoms with Crippen molar-refractivity contribution in [3.63, 3.8) is 0 Å². The Balaban J connectivity index is 1.50. The predicted molar refractivity (Wildman–Crippen MR) is 113 cm³/mol. The lowest BCUT2D eigenvalue weighted by molar-refractivity contribution is -0.286. The highest BCUT2D eigenvalue weighted by Crippen LogP contribution is 2.42. The molecule has 0 saturated carbocycles. The second-order valence-corrected chi connectivity index (χ2v) is 8.26. The van der Waals surface area contributed by atoms with Gasteiger partial charge in [0.15, 0.2) is 23.4 Å². The summed E-state index contributed by atoms with van der Waals surface area (Å²) in [7, 11) is 0. The number of carbonyl (C=O) groups excluding carboxylic acids is 1. The van der Waals surface area contributed by atoms with E-state index in [0.29, 0.717) is 11.1 Å². The van der Waals surface area contributed by atoms with E-state index in [1.54, 1.807) is 13.0 Å². The number of hydrogen-bond donors (Lipinski definition) is 3. The highest BCUT2D eigenvalue weighted by atomic mass is 35.5. The Morgan fingerprint density at radius 1 is 1.32 bits per heavy atom. The number of benzene rings is 1. The van der Waals surface area contributed by atoms with Gasteiger partial charge in [0.25, 0.3) is 0 Å². The Bertz CT molecular complexity index is 1210. The normalized spacial score (nSPS) is 22.8. The van der Waals surface area contributed by atoms with Gasteiger partial charge < -0.3 is 19.7 Å². The first-order valence-electron chi connectivity index (χ1n) is 9.97. The standard InChI is InChI=1S/C22H18ClF2N3O6/c1-11(13-5-7-15-16(9-13)34-22(24,25)33-15)27-21(2,32)28-18(20(30)31)14(19(28)29)6-3-12-4-8-17(23)26-10-12/h4-5,7-11,14,18,27,32H,1-2H3,(H,30,31)/t11-,14-,18+,21+/m1/s1. The van der Waals surface area contributed by atoms with Crippen LogP contribution >= 0.6 is 11.6 Å². The molecule has 2 aromatic rings. The number of nitrogens with one attached hydrogen (secondary N) is 1. The van der Waals surface area contributed by atoms with Crippen LogP contribution in [0.25, 0.3) is 0 Å².